The molecule has 1 aliphatic heterocycles. The summed E-state index contributed by atoms with van der Waals surface area (Å²) in [5.74, 6) is -0.352. The Balaban J connectivity index is 1.98. The fourth-order valence-corrected chi connectivity index (χ4v) is 6.54. The Bertz CT molecular complexity index is 1070. The summed E-state index contributed by atoms with van der Waals surface area (Å²) in [5, 5.41) is 2.69. The van der Waals surface area contributed by atoms with Gasteiger partial charge >= 0.3 is 13.5 Å². The molecule has 2 unspecified atom stereocenters. The minimum absolute atomic E-state index is 0.0911. The Hall–Kier alpha value is -2.62. The van der Waals surface area contributed by atoms with Crippen LogP contribution in [0, 0.1) is 0 Å². The zero-order valence-corrected chi connectivity index (χ0v) is 16.8. The van der Waals surface area contributed by atoms with Gasteiger partial charge in [-0.15, -0.1) is 0 Å². The molecule has 28 heavy (non-hydrogen) atoms. The quantitative estimate of drug-likeness (QED) is 0.458. The lowest BCUT2D eigenvalue weighted by atomic mass is 9.99. The van der Waals surface area contributed by atoms with Crippen LogP contribution in [0.1, 0.15) is 24.9 Å². The minimum Gasteiger partial charge on any atom is -0.469 e. The van der Waals surface area contributed by atoms with Gasteiger partial charge in [-0.3, -0.25) is 14.0 Å². The van der Waals surface area contributed by atoms with Crippen LogP contribution in [-0.2, 0) is 18.6 Å². The Morgan fingerprint density at radius 2 is 1.68 bits per heavy atom. The van der Waals surface area contributed by atoms with Crippen molar-refractivity contribution in [2.45, 2.75) is 19.4 Å². The smallest absolute Gasteiger partial charge is 0.327 e. The molecule has 144 valence electrons. The molecular formula is C22H22NO4P. The van der Waals surface area contributed by atoms with E-state index < -0.39 is 13.6 Å². The first-order chi connectivity index (χ1) is 13.6. The number of esters is 1. The molecule has 3 aromatic carbocycles. The number of para-hydroxylation sites is 1. The highest BCUT2D eigenvalue weighted by Crippen LogP contribution is 2.62. The van der Waals surface area contributed by atoms with E-state index in [9.17, 15) is 9.36 Å². The lowest BCUT2D eigenvalue weighted by Crippen LogP contribution is -2.24. The van der Waals surface area contributed by atoms with Gasteiger partial charge in [0.1, 0.15) is 0 Å². The van der Waals surface area contributed by atoms with E-state index in [4.69, 9.17) is 9.26 Å². The molecule has 0 aliphatic carbocycles. The first-order valence-electron chi connectivity index (χ1n) is 9.28. The van der Waals surface area contributed by atoms with E-state index in [0.717, 1.165) is 22.0 Å². The third-order valence-electron chi connectivity index (χ3n) is 5.05. The Labute approximate surface area is 164 Å². The van der Waals surface area contributed by atoms with Crippen molar-refractivity contribution in [2.75, 3.05) is 18.4 Å². The molecule has 1 heterocycles. The van der Waals surface area contributed by atoms with Gasteiger partial charge in [0.2, 0.25) is 0 Å². The molecule has 0 N–H and O–H groups in total. The van der Waals surface area contributed by atoms with Crippen molar-refractivity contribution < 1.29 is 18.6 Å². The molecule has 0 saturated heterocycles. The third-order valence-corrected chi connectivity index (χ3v) is 7.73. The highest BCUT2D eigenvalue weighted by Gasteiger charge is 2.49. The van der Waals surface area contributed by atoms with E-state index in [1.165, 1.54) is 7.11 Å². The molecule has 0 amide bonds. The molecule has 0 aromatic heterocycles. The number of fused-ring (bicyclic) bond motifs is 2. The van der Waals surface area contributed by atoms with Gasteiger partial charge in [-0.05, 0) is 47.5 Å². The van der Waals surface area contributed by atoms with Crippen LogP contribution < -0.4 is 9.97 Å². The number of anilines is 1. The van der Waals surface area contributed by atoms with Gasteiger partial charge in [0.05, 0.1) is 31.5 Å². The summed E-state index contributed by atoms with van der Waals surface area (Å²) < 4.78 is 26.9. The number of hydrogen-bond donors (Lipinski definition) is 0. The van der Waals surface area contributed by atoms with Crippen LogP contribution in [0.5, 0.6) is 0 Å². The molecular weight excluding hydrogens is 373 g/mol. The van der Waals surface area contributed by atoms with Gasteiger partial charge in [0, 0.05) is 5.69 Å². The first-order valence-corrected chi connectivity index (χ1v) is 10.9. The van der Waals surface area contributed by atoms with Gasteiger partial charge in [-0.2, -0.15) is 0 Å². The second-order valence-electron chi connectivity index (χ2n) is 6.67. The van der Waals surface area contributed by atoms with Crippen LogP contribution >= 0.6 is 7.52 Å². The number of carbonyl (C=O) groups is 1. The zero-order valence-electron chi connectivity index (χ0n) is 15.9. The fraction of sp³-hybridized carbons (Fsp3) is 0.227. The molecule has 0 saturated carbocycles. The normalized spacial score (nSPS) is 20.9. The van der Waals surface area contributed by atoms with Crippen LogP contribution in [-0.4, -0.2) is 19.7 Å². The molecule has 6 heteroatoms. The molecule has 1 aliphatic rings. The van der Waals surface area contributed by atoms with E-state index in [2.05, 4.69) is 0 Å². The van der Waals surface area contributed by atoms with Crippen molar-refractivity contribution >= 4 is 35.3 Å². The fourth-order valence-electron chi connectivity index (χ4n) is 3.85. The zero-order chi connectivity index (χ0) is 19.7. The number of methoxy groups -OCH3 is 1. The van der Waals surface area contributed by atoms with E-state index >= 15 is 0 Å². The molecule has 3 aromatic rings. The largest absolute Gasteiger partial charge is 0.469 e. The average molecular weight is 395 g/mol. The first kappa shape index (κ1) is 18.7. The van der Waals surface area contributed by atoms with Crippen molar-refractivity contribution in [3.8, 4) is 0 Å². The summed E-state index contributed by atoms with van der Waals surface area (Å²) in [5.41, 5.74) is 1.61. The van der Waals surface area contributed by atoms with E-state index in [0.29, 0.717) is 11.9 Å². The van der Waals surface area contributed by atoms with Crippen LogP contribution in [0.25, 0.3) is 10.8 Å². The summed E-state index contributed by atoms with van der Waals surface area (Å²) in [4.78, 5) is 12.2. The summed E-state index contributed by atoms with van der Waals surface area (Å²) in [6, 6.07) is 20.9. The summed E-state index contributed by atoms with van der Waals surface area (Å²) in [6.07, 6.45) is 0.0911. The topological polar surface area (TPSA) is 55.8 Å². The number of ether oxygens (including phenoxy) is 1. The van der Waals surface area contributed by atoms with Gasteiger partial charge in [-0.1, -0.05) is 42.5 Å². The van der Waals surface area contributed by atoms with Crippen LogP contribution in [0.4, 0.5) is 5.69 Å². The number of benzene rings is 3. The number of rotatable bonds is 5. The van der Waals surface area contributed by atoms with Crippen molar-refractivity contribution in [1.82, 2.24) is 0 Å². The van der Waals surface area contributed by atoms with Gasteiger partial charge in [-0.25, -0.2) is 0 Å². The number of carbonyl (C=O) groups excluding carboxylic acids is 1. The summed E-state index contributed by atoms with van der Waals surface area (Å²) >= 11 is 0. The Kier molecular flexibility index (Phi) is 4.96. The maximum atomic E-state index is 14.2. The van der Waals surface area contributed by atoms with Crippen molar-refractivity contribution in [1.29, 1.82) is 0 Å². The van der Waals surface area contributed by atoms with Crippen LogP contribution in [0.3, 0.4) is 0 Å². The third kappa shape index (κ3) is 3.01. The second-order valence-corrected chi connectivity index (χ2v) is 8.88. The average Bonchev–Trinajstić information content (AvgIpc) is 2.94. The predicted molar refractivity (Wildman–Crippen MR) is 111 cm³/mol. The molecule has 0 spiro atoms. The van der Waals surface area contributed by atoms with Crippen molar-refractivity contribution in [3.05, 3.63) is 72.3 Å². The molecule has 4 rings (SSSR count). The number of hydrogen-bond acceptors (Lipinski definition) is 4. The lowest BCUT2D eigenvalue weighted by molar-refractivity contribution is -0.141. The SMILES string of the molecule is CCOP1(=O)c2cc3ccccc3cc2C(CC(=O)OC)N1c1ccccc1. The molecule has 5 nitrogen and oxygen atoms in total. The highest BCUT2D eigenvalue weighted by atomic mass is 31.2. The maximum Gasteiger partial charge on any atom is 0.327 e. The number of nitrogens with zero attached hydrogens (tertiary/aromatic N) is 1. The van der Waals surface area contributed by atoms with E-state index in [-0.39, 0.29) is 12.4 Å². The lowest BCUT2D eigenvalue weighted by Gasteiger charge is -2.31. The molecule has 0 fully saturated rings. The van der Waals surface area contributed by atoms with Gasteiger partial charge in [0.15, 0.2) is 0 Å². The van der Waals surface area contributed by atoms with Gasteiger partial charge < -0.3 is 9.26 Å². The monoisotopic (exact) mass is 395 g/mol. The maximum absolute atomic E-state index is 14.2. The van der Waals surface area contributed by atoms with E-state index in [1.54, 1.807) is 4.67 Å². The standard InChI is InChI=1S/C22H22NO4P/c1-3-27-28(25)21-14-17-10-8-7-9-16(17)13-19(21)20(15-22(24)26-2)23(28)18-11-5-4-6-12-18/h4-14,20H,3,15H2,1-2H3. The summed E-state index contributed by atoms with van der Waals surface area (Å²) in [6.45, 7) is 2.13. The molecule has 0 bridgehead atoms. The second kappa shape index (κ2) is 7.42. The summed E-state index contributed by atoms with van der Waals surface area (Å²) in [7, 11) is -2.03. The van der Waals surface area contributed by atoms with Gasteiger partial charge in [0.25, 0.3) is 0 Å². The molecule has 0 radical (unpaired) electrons. The minimum atomic E-state index is -3.39. The van der Waals surface area contributed by atoms with Crippen LogP contribution in [0.2, 0.25) is 0 Å². The highest BCUT2D eigenvalue weighted by molar-refractivity contribution is 7.69. The van der Waals surface area contributed by atoms with E-state index in [1.807, 2.05) is 73.7 Å². The predicted octanol–water partition coefficient (Wildman–Crippen LogP) is 4.82. The Morgan fingerprint density at radius 1 is 1.04 bits per heavy atom. The Morgan fingerprint density at radius 3 is 2.32 bits per heavy atom. The molecule has 2 atom stereocenters. The van der Waals surface area contributed by atoms with Crippen molar-refractivity contribution in [3.63, 3.8) is 0 Å². The van der Waals surface area contributed by atoms with Crippen molar-refractivity contribution in [2.24, 2.45) is 0 Å². The van der Waals surface area contributed by atoms with Crippen LogP contribution in [0.15, 0.2) is 66.7 Å².